The Hall–Kier alpha value is -1.06. The van der Waals surface area contributed by atoms with E-state index in [4.69, 9.17) is 10.5 Å². The van der Waals surface area contributed by atoms with Crippen LogP contribution in [0, 0.1) is 0 Å². The molecule has 1 fully saturated rings. The Balaban J connectivity index is 1.86. The Bertz CT molecular complexity index is 308. The molecule has 1 aromatic carbocycles. The minimum absolute atomic E-state index is 0.381. The fourth-order valence-corrected chi connectivity index (χ4v) is 1.85. The zero-order valence-electron chi connectivity index (χ0n) is 8.91. The van der Waals surface area contributed by atoms with Crippen molar-refractivity contribution in [2.45, 2.75) is 25.5 Å². The van der Waals surface area contributed by atoms with Crippen molar-refractivity contribution >= 4 is 5.69 Å². The normalized spacial score (nSPS) is 20.5. The van der Waals surface area contributed by atoms with Gasteiger partial charge in [0.05, 0.1) is 6.10 Å². The summed E-state index contributed by atoms with van der Waals surface area (Å²) in [6.07, 6.45) is 2.74. The van der Waals surface area contributed by atoms with Gasteiger partial charge in [0, 0.05) is 25.4 Å². The third kappa shape index (κ3) is 2.94. The Kier molecular flexibility index (Phi) is 3.59. The smallest absolute Gasteiger partial charge is 0.0748 e. The minimum Gasteiger partial charge on any atom is -0.382 e. The number of ether oxygens (including phenoxy) is 1. The second-order valence-corrected chi connectivity index (χ2v) is 3.92. The summed E-state index contributed by atoms with van der Waals surface area (Å²) in [7, 11) is 0. The Morgan fingerprint density at radius 2 is 2.40 bits per heavy atom. The molecule has 3 heteroatoms. The van der Waals surface area contributed by atoms with Crippen LogP contribution in [0.4, 0.5) is 5.69 Å². The van der Waals surface area contributed by atoms with Gasteiger partial charge in [0.15, 0.2) is 0 Å². The molecule has 0 bridgehead atoms. The van der Waals surface area contributed by atoms with Gasteiger partial charge in [-0.3, -0.25) is 0 Å². The lowest BCUT2D eigenvalue weighted by Crippen LogP contribution is -2.18. The van der Waals surface area contributed by atoms with Gasteiger partial charge in [0.2, 0.25) is 0 Å². The molecular formula is C12H18N2O. The number of anilines is 1. The van der Waals surface area contributed by atoms with Crippen LogP contribution in [0.5, 0.6) is 0 Å². The van der Waals surface area contributed by atoms with Crippen molar-refractivity contribution < 1.29 is 4.74 Å². The third-order valence-corrected chi connectivity index (χ3v) is 2.72. The van der Waals surface area contributed by atoms with Crippen molar-refractivity contribution in [3.05, 3.63) is 29.8 Å². The van der Waals surface area contributed by atoms with E-state index in [0.29, 0.717) is 12.6 Å². The van der Waals surface area contributed by atoms with E-state index >= 15 is 0 Å². The van der Waals surface area contributed by atoms with Gasteiger partial charge in [-0.05, 0) is 30.5 Å². The predicted octanol–water partition coefficient (Wildman–Crippen LogP) is 1.74. The second-order valence-electron chi connectivity index (χ2n) is 3.92. The molecule has 1 atom stereocenters. The summed E-state index contributed by atoms with van der Waals surface area (Å²) in [4.78, 5) is 0. The Morgan fingerprint density at radius 3 is 3.13 bits per heavy atom. The maximum atomic E-state index is 5.58. The van der Waals surface area contributed by atoms with Crippen LogP contribution in [0.25, 0.3) is 0 Å². The number of rotatable bonds is 4. The van der Waals surface area contributed by atoms with Crippen LogP contribution in [-0.4, -0.2) is 19.3 Å². The van der Waals surface area contributed by atoms with Crippen LogP contribution >= 0.6 is 0 Å². The van der Waals surface area contributed by atoms with Gasteiger partial charge in [0.1, 0.15) is 0 Å². The fraction of sp³-hybridized carbons (Fsp3) is 0.500. The number of nitrogens with two attached hydrogens (primary N) is 1. The summed E-state index contributed by atoms with van der Waals surface area (Å²) in [5.41, 5.74) is 7.88. The van der Waals surface area contributed by atoms with Crippen molar-refractivity contribution in [3.63, 3.8) is 0 Å². The molecule has 0 amide bonds. The Labute approximate surface area is 90.6 Å². The van der Waals surface area contributed by atoms with Crippen molar-refractivity contribution in [3.8, 4) is 0 Å². The van der Waals surface area contributed by atoms with E-state index in [9.17, 15) is 0 Å². The second kappa shape index (κ2) is 5.14. The number of nitrogens with one attached hydrogen (secondary N) is 1. The molecule has 1 unspecified atom stereocenters. The van der Waals surface area contributed by atoms with Crippen LogP contribution < -0.4 is 11.1 Å². The zero-order valence-corrected chi connectivity index (χ0v) is 8.91. The summed E-state index contributed by atoms with van der Waals surface area (Å²) in [5, 5.41) is 3.38. The third-order valence-electron chi connectivity index (χ3n) is 2.72. The molecule has 3 N–H and O–H groups in total. The van der Waals surface area contributed by atoms with E-state index in [1.807, 2.05) is 12.1 Å². The van der Waals surface area contributed by atoms with Gasteiger partial charge >= 0.3 is 0 Å². The number of hydrogen-bond donors (Lipinski definition) is 2. The minimum atomic E-state index is 0.381. The SMILES string of the molecule is NCc1cccc(NCC2CCCO2)c1. The summed E-state index contributed by atoms with van der Waals surface area (Å²) in [6.45, 7) is 2.40. The van der Waals surface area contributed by atoms with Gasteiger partial charge in [-0.1, -0.05) is 12.1 Å². The summed E-state index contributed by atoms with van der Waals surface area (Å²) in [5.74, 6) is 0. The molecule has 0 saturated carbocycles. The van der Waals surface area contributed by atoms with Crippen molar-refractivity contribution in [1.82, 2.24) is 0 Å². The highest BCUT2D eigenvalue weighted by Gasteiger charge is 2.14. The maximum absolute atomic E-state index is 5.58. The van der Waals surface area contributed by atoms with Gasteiger partial charge in [-0.25, -0.2) is 0 Å². The lowest BCUT2D eigenvalue weighted by atomic mass is 10.2. The monoisotopic (exact) mass is 206 g/mol. The summed E-state index contributed by atoms with van der Waals surface area (Å²) < 4.78 is 5.54. The first-order valence-corrected chi connectivity index (χ1v) is 5.53. The molecule has 1 aromatic rings. The molecule has 0 radical (unpaired) electrons. The zero-order chi connectivity index (χ0) is 10.5. The molecule has 15 heavy (non-hydrogen) atoms. The molecule has 82 valence electrons. The van der Waals surface area contributed by atoms with E-state index in [1.54, 1.807) is 0 Å². The summed E-state index contributed by atoms with van der Waals surface area (Å²) in [6, 6.07) is 8.22. The highest BCUT2D eigenvalue weighted by molar-refractivity contribution is 5.45. The lowest BCUT2D eigenvalue weighted by Gasteiger charge is -2.12. The molecule has 1 aliphatic heterocycles. The van der Waals surface area contributed by atoms with Crippen LogP contribution in [0.3, 0.4) is 0 Å². The van der Waals surface area contributed by atoms with Crippen LogP contribution in [0.1, 0.15) is 18.4 Å². The predicted molar refractivity (Wildman–Crippen MR) is 61.8 cm³/mol. The van der Waals surface area contributed by atoms with Gasteiger partial charge in [-0.2, -0.15) is 0 Å². The van der Waals surface area contributed by atoms with Crippen molar-refractivity contribution in [2.75, 3.05) is 18.5 Å². The van der Waals surface area contributed by atoms with Crippen LogP contribution in [0.15, 0.2) is 24.3 Å². The van der Waals surface area contributed by atoms with E-state index in [2.05, 4.69) is 17.4 Å². The van der Waals surface area contributed by atoms with Gasteiger partial charge in [-0.15, -0.1) is 0 Å². The average Bonchev–Trinajstić information content (AvgIpc) is 2.79. The first kappa shape index (κ1) is 10.5. The van der Waals surface area contributed by atoms with E-state index in [-0.39, 0.29) is 0 Å². The molecule has 0 aromatic heterocycles. The number of benzene rings is 1. The van der Waals surface area contributed by atoms with E-state index in [0.717, 1.165) is 24.4 Å². The molecule has 1 saturated heterocycles. The molecule has 1 aliphatic rings. The van der Waals surface area contributed by atoms with Crippen LogP contribution in [-0.2, 0) is 11.3 Å². The van der Waals surface area contributed by atoms with Gasteiger partial charge < -0.3 is 15.8 Å². The fourth-order valence-electron chi connectivity index (χ4n) is 1.85. The highest BCUT2D eigenvalue weighted by Crippen LogP contribution is 2.14. The van der Waals surface area contributed by atoms with Crippen LogP contribution in [0.2, 0.25) is 0 Å². The maximum Gasteiger partial charge on any atom is 0.0748 e. The summed E-state index contributed by atoms with van der Waals surface area (Å²) >= 11 is 0. The first-order chi connectivity index (χ1) is 7.38. The molecule has 0 aliphatic carbocycles. The quantitative estimate of drug-likeness (QED) is 0.788. The Morgan fingerprint density at radius 1 is 1.47 bits per heavy atom. The van der Waals surface area contributed by atoms with E-state index in [1.165, 1.54) is 12.8 Å². The number of hydrogen-bond acceptors (Lipinski definition) is 3. The highest BCUT2D eigenvalue weighted by atomic mass is 16.5. The first-order valence-electron chi connectivity index (χ1n) is 5.53. The molecule has 0 spiro atoms. The topological polar surface area (TPSA) is 47.3 Å². The molecule has 2 rings (SSSR count). The van der Waals surface area contributed by atoms with Gasteiger partial charge in [0.25, 0.3) is 0 Å². The average molecular weight is 206 g/mol. The molecule has 3 nitrogen and oxygen atoms in total. The van der Waals surface area contributed by atoms with Crippen molar-refractivity contribution in [2.24, 2.45) is 5.73 Å². The molecule has 1 heterocycles. The largest absolute Gasteiger partial charge is 0.382 e. The molecular weight excluding hydrogens is 188 g/mol. The van der Waals surface area contributed by atoms with Crippen molar-refractivity contribution in [1.29, 1.82) is 0 Å². The standard InChI is InChI=1S/C12H18N2O/c13-8-10-3-1-4-11(7-10)14-9-12-5-2-6-15-12/h1,3-4,7,12,14H,2,5-6,8-9,13H2. The lowest BCUT2D eigenvalue weighted by molar-refractivity contribution is 0.120. The van der Waals surface area contributed by atoms with E-state index < -0.39 is 0 Å².